The standard InChI is InChI=1S/C37H31F2N3O6S/c1-21-3-11-34(47-2)32(41-49(45,46)35-12-9-26(38)18-30(35)39)17-25(15-21)24-8-10-31-29(16-24)28(13-14-40-31)22-4-6-23(7-5-22)36(43)42-20-27-19-33(42)37(44)48-27/h4-18,21,27,33,41H,3,19-20H2,1-2H3. The van der Waals surface area contributed by atoms with Crippen molar-refractivity contribution in [3.63, 3.8) is 0 Å². The number of halogens is 2. The predicted molar refractivity (Wildman–Crippen MR) is 178 cm³/mol. The summed E-state index contributed by atoms with van der Waals surface area (Å²) in [6, 6.07) is 16.5. The van der Waals surface area contributed by atoms with Crippen molar-refractivity contribution in [3.05, 3.63) is 125 Å². The van der Waals surface area contributed by atoms with Gasteiger partial charge in [0, 0.05) is 29.6 Å². The SMILES string of the molecule is COC1=CCC(C)C=C(c2ccc3nccc(-c4ccc(C(=O)N5CC6CC5C(=O)O6)cc4)c3c2)C=C1NS(=O)(=O)c1ccc(F)cc1F. The van der Waals surface area contributed by atoms with Gasteiger partial charge in [0.15, 0.2) is 0 Å². The molecule has 1 aromatic heterocycles. The van der Waals surface area contributed by atoms with Gasteiger partial charge >= 0.3 is 5.97 Å². The lowest BCUT2D eigenvalue weighted by atomic mass is 9.93. The van der Waals surface area contributed by atoms with E-state index in [1.165, 1.54) is 7.11 Å². The highest BCUT2D eigenvalue weighted by atomic mass is 32.2. The molecule has 49 heavy (non-hydrogen) atoms. The number of benzene rings is 3. The number of amides is 1. The van der Waals surface area contributed by atoms with Gasteiger partial charge in [-0.2, -0.15) is 0 Å². The number of fused-ring (bicyclic) bond motifs is 3. The summed E-state index contributed by atoms with van der Waals surface area (Å²) in [6.45, 7) is 2.42. The number of nitrogens with zero attached hydrogens (tertiary/aromatic N) is 2. The van der Waals surface area contributed by atoms with Crippen LogP contribution in [0.2, 0.25) is 0 Å². The van der Waals surface area contributed by atoms with Crippen LogP contribution in [0.15, 0.2) is 108 Å². The molecule has 1 amide bonds. The molecule has 7 rings (SSSR count). The van der Waals surface area contributed by atoms with Crippen molar-refractivity contribution in [1.82, 2.24) is 14.6 Å². The molecule has 1 N–H and O–H groups in total. The number of aromatic nitrogens is 1. The fourth-order valence-electron chi connectivity index (χ4n) is 6.51. The third-order valence-corrected chi connectivity index (χ3v) is 10.3. The molecule has 250 valence electrons. The van der Waals surface area contributed by atoms with Crippen LogP contribution in [0, 0.1) is 17.6 Å². The van der Waals surface area contributed by atoms with E-state index in [1.807, 2.05) is 49.4 Å². The molecular formula is C37H31F2N3O6S. The molecule has 0 saturated carbocycles. The molecule has 3 aliphatic rings. The Labute approximate surface area is 281 Å². The zero-order chi connectivity index (χ0) is 34.4. The highest BCUT2D eigenvalue weighted by Crippen LogP contribution is 2.34. The summed E-state index contributed by atoms with van der Waals surface area (Å²) in [4.78, 5) is 30.7. The Hall–Kier alpha value is -5.36. The van der Waals surface area contributed by atoms with Crippen LogP contribution in [-0.2, 0) is 24.3 Å². The molecule has 9 nitrogen and oxygen atoms in total. The highest BCUT2D eigenvalue weighted by molar-refractivity contribution is 7.89. The first-order chi connectivity index (χ1) is 23.5. The molecular weight excluding hydrogens is 652 g/mol. The summed E-state index contributed by atoms with van der Waals surface area (Å²) >= 11 is 0. The Morgan fingerprint density at radius 1 is 1.04 bits per heavy atom. The van der Waals surface area contributed by atoms with Gasteiger partial charge in [-0.3, -0.25) is 14.5 Å². The predicted octanol–water partition coefficient (Wildman–Crippen LogP) is 6.14. The second-order valence-electron chi connectivity index (χ2n) is 12.3. The van der Waals surface area contributed by atoms with Gasteiger partial charge in [-0.05, 0) is 89.2 Å². The molecule has 3 atom stereocenters. The molecule has 3 aromatic carbocycles. The zero-order valence-electron chi connectivity index (χ0n) is 26.5. The normalized spacial score (nSPS) is 20.6. The van der Waals surface area contributed by atoms with Crippen LogP contribution < -0.4 is 4.72 Å². The lowest BCUT2D eigenvalue weighted by Gasteiger charge is -2.25. The number of esters is 1. The monoisotopic (exact) mass is 683 g/mol. The van der Waals surface area contributed by atoms with Crippen molar-refractivity contribution >= 4 is 38.4 Å². The fourth-order valence-corrected chi connectivity index (χ4v) is 7.63. The minimum absolute atomic E-state index is 0.0472. The third kappa shape index (κ3) is 6.19. The van der Waals surface area contributed by atoms with Crippen molar-refractivity contribution < 1.29 is 36.3 Å². The molecule has 2 aliphatic heterocycles. The number of nitrogens with one attached hydrogen (secondary N) is 1. The summed E-state index contributed by atoms with van der Waals surface area (Å²) in [7, 11) is -3.05. The van der Waals surface area contributed by atoms with E-state index in [1.54, 1.807) is 35.4 Å². The first kappa shape index (κ1) is 32.2. The van der Waals surface area contributed by atoms with Crippen molar-refractivity contribution in [1.29, 1.82) is 0 Å². The number of ether oxygens (including phenoxy) is 2. The minimum atomic E-state index is -4.46. The van der Waals surface area contributed by atoms with Crippen LogP contribution >= 0.6 is 0 Å². The van der Waals surface area contributed by atoms with Gasteiger partial charge in [-0.15, -0.1) is 0 Å². The summed E-state index contributed by atoms with van der Waals surface area (Å²) in [5, 5.41) is 0.820. The Morgan fingerprint density at radius 2 is 1.82 bits per heavy atom. The molecule has 1 aliphatic carbocycles. The second kappa shape index (κ2) is 12.6. The minimum Gasteiger partial charge on any atom is -0.495 e. The van der Waals surface area contributed by atoms with Gasteiger partial charge in [0.1, 0.15) is 34.4 Å². The fraction of sp³-hybridized carbons (Fsp3) is 0.216. The van der Waals surface area contributed by atoms with Gasteiger partial charge in [0.2, 0.25) is 0 Å². The van der Waals surface area contributed by atoms with E-state index < -0.39 is 32.6 Å². The largest absolute Gasteiger partial charge is 0.495 e. The van der Waals surface area contributed by atoms with Crippen molar-refractivity contribution in [2.24, 2.45) is 5.92 Å². The lowest BCUT2D eigenvalue weighted by Crippen LogP contribution is -2.44. The van der Waals surface area contributed by atoms with Crippen molar-refractivity contribution in [3.8, 4) is 11.1 Å². The maximum absolute atomic E-state index is 14.5. The maximum Gasteiger partial charge on any atom is 0.329 e. The van der Waals surface area contributed by atoms with Gasteiger partial charge in [0.25, 0.3) is 15.9 Å². The van der Waals surface area contributed by atoms with Crippen molar-refractivity contribution in [2.45, 2.75) is 36.8 Å². The molecule has 12 heteroatoms. The first-order valence-electron chi connectivity index (χ1n) is 15.7. The quantitative estimate of drug-likeness (QED) is 0.233. The van der Waals surface area contributed by atoms with E-state index in [4.69, 9.17) is 9.47 Å². The number of sulfonamides is 1. The second-order valence-corrected chi connectivity index (χ2v) is 13.9. The lowest BCUT2D eigenvalue weighted by molar-refractivity contribution is -0.149. The molecule has 4 aromatic rings. The van der Waals surface area contributed by atoms with E-state index in [-0.39, 0.29) is 35.4 Å². The third-order valence-electron chi connectivity index (χ3n) is 8.95. The number of rotatable bonds is 7. The van der Waals surface area contributed by atoms with Crippen LogP contribution in [0.1, 0.15) is 35.7 Å². The molecule has 3 heterocycles. The molecule has 2 fully saturated rings. The summed E-state index contributed by atoms with van der Waals surface area (Å²) in [6.07, 6.45) is 7.91. The number of carbonyl (C=O) groups is 2. The average Bonchev–Trinajstić information content (AvgIpc) is 3.66. The molecule has 0 spiro atoms. The highest BCUT2D eigenvalue weighted by Gasteiger charge is 2.48. The molecule has 3 unspecified atom stereocenters. The first-order valence-corrected chi connectivity index (χ1v) is 17.2. The number of pyridine rings is 1. The zero-order valence-corrected chi connectivity index (χ0v) is 27.3. The number of carbonyl (C=O) groups excluding carboxylic acids is 2. The van der Waals surface area contributed by atoms with E-state index in [9.17, 15) is 26.8 Å². The molecule has 0 radical (unpaired) electrons. The topological polar surface area (TPSA) is 115 Å². The van der Waals surface area contributed by atoms with Gasteiger partial charge < -0.3 is 14.4 Å². The maximum atomic E-state index is 14.5. The summed E-state index contributed by atoms with van der Waals surface area (Å²) < 4.78 is 67.9. The van der Waals surface area contributed by atoms with Crippen LogP contribution in [0.4, 0.5) is 8.78 Å². The molecule has 2 bridgehead atoms. The van der Waals surface area contributed by atoms with Gasteiger partial charge in [-0.25, -0.2) is 22.0 Å². The van der Waals surface area contributed by atoms with Crippen molar-refractivity contribution in [2.75, 3.05) is 13.7 Å². The number of hydrogen-bond acceptors (Lipinski definition) is 7. The number of hydrogen-bond donors (Lipinski definition) is 1. The van der Waals surface area contributed by atoms with E-state index >= 15 is 0 Å². The van der Waals surface area contributed by atoms with E-state index in [2.05, 4.69) is 9.71 Å². The van der Waals surface area contributed by atoms with E-state index in [0.29, 0.717) is 36.6 Å². The number of allylic oxidation sites excluding steroid dienone is 4. The molecule has 2 saturated heterocycles. The number of methoxy groups -OCH3 is 1. The van der Waals surface area contributed by atoms with Crippen LogP contribution in [0.5, 0.6) is 0 Å². The van der Waals surface area contributed by atoms with Crippen LogP contribution in [0.25, 0.3) is 27.6 Å². The van der Waals surface area contributed by atoms with Crippen LogP contribution in [-0.4, -0.2) is 56.0 Å². The van der Waals surface area contributed by atoms with Gasteiger partial charge in [0.05, 0.1) is 24.9 Å². The smallest absolute Gasteiger partial charge is 0.329 e. The Bertz CT molecular complexity index is 2220. The summed E-state index contributed by atoms with van der Waals surface area (Å²) in [5.41, 5.74) is 4.43. The Kier molecular flexibility index (Phi) is 8.27. The van der Waals surface area contributed by atoms with Gasteiger partial charge in [-0.1, -0.05) is 31.2 Å². The van der Waals surface area contributed by atoms with E-state index in [0.717, 1.165) is 39.7 Å². The Morgan fingerprint density at radius 3 is 2.53 bits per heavy atom. The average molecular weight is 684 g/mol. The van der Waals surface area contributed by atoms with Crippen LogP contribution in [0.3, 0.4) is 0 Å². The Balaban J connectivity index is 1.24. The summed E-state index contributed by atoms with van der Waals surface area (Å²) in [5.74, 6) is -2.39. The number of morpholine rings is 1. The number of likely N-dealkylation sites (tertiary alicyclic amines) is 1.